The second kappa shape index (κ2) is 5.22. The lowest BCUT2D eigenvalue weighted by atomic mass is 9.78. The fourth-order valence-corrected chi connectivity index (χ4v) is 2.44. The maximum atomic E-state index is 8.81. The van der Waals surface area contributed by atoms with Crippen LogP contribution in [0.3, 0.4) is 0 Å². The quantitative estimate of drug-likeness (QED) is 0.772. The number of ether oxygens (including phenoxy) is 2. The number of hydrogen-bond acceptors (Lipinski definition) is 4. The number of benzene rings is 1. The zero-order valence-corrected chi connectivity index (χ0v) is 11.0. The molecule has 1 aromatic carbocycles. The van der Waals surface area contributed by atoms with Crippen LogP contribution < -0.4 is 9.47 Å². The Hall–Kier alpha value is -2.54. The lowest BCUT2D eigenvalue weighted by molar-refractivity contribution is 0.171. The third-order valence-electron chi connectivity index (χ3n) is 3.47. The van der Waals surface area contributed by atoms with Crippen LogP contribution in [0.5, 0.6) is 11.5 Å². The van der Waals surface area contributed by atoms with Gasteiger partial charge >= 0.3 is 0 Å². The van der Waals surface area contributed by atoms with E-state index in [1.54, 1.807) is 6.21 Å². The Morgan fingerprint density at radius 3 is 2.85 bits per heavy atom. The molecule has 0 saturated carbocycles. The summed E-state index contributed by atoms with van der Waals surface area (Å²) in [6, 6.07) is 7.94. The zero-order valence-electron chi connectivity index (χ0n) is 11.0. The highest BCUT2D eigenvalue weighted by Gasteiger charge is 2.29. The molecule has 0 saturated heterocycles. The lowest BCUT2D eigenvalue weighted by Crippen LogP contribution is -2.27. The number of nitriles is 1. The molecule has 4 nitrogen and oxygen atoms in total. The first-order valence-electron chi connectivity index (χ1n) is 6.49. The molecule has 4 heteroatoms. The van der Waals surface area contributed by atoms with E-state index in [9.17, 15) is 0 Å². The highest BCUT2D eigenvalue weighted by atomic mass is 16.6. The molecule has 1 aromatic rings. The van der Waals surface area contributed by atoms with Crippen LogP contribution >= 0.6 is 0 Å². The summed E-state index contributed by atoms with van der Waals surface area (Å²) in [5.41, 5.74) is 0.654. The number of aliphatic imine (C=N–C) groups is 1. The Morgan fingerprint density at radius 2 is 2.10 bits per heavy atom. The largest absolute Gasteiger partial charge is 0.486 e. The van der Waals surface area contributed by atoms with Crippen molar-refractivity contribution in [1.82, 2.24) is 0 Å². The van der Waals surface area contributed by atoms with Gasteiger partial charge in [-0.15, -0.1) is 0 Å². The van der Waals surface area contributed by atoms with Crippen LogP contribution in [0, 0.1) is 11.3 Å². The van der Waals surface area contributed by atoms with Crippen LogP contribution in [0.25, 0.3) is 0 Å². The first kappa shape index (κ1) is 12.5. The molecular weight excluding hydrogens is 252 g/mol. The van der Waals surface area contributed by atoms with Crippen molar-refractivity contribution in [2.75, 3.05) is 19.8 Å². The summed E-state index contributed by atoms with van der Waals surface area (Å²) in [6.45, 7) is 1.73. The van der Waals surface area contributed by atoms with E-state index in [1.807, 2.05) is 36.4 Å². The zero-order chi connectivity index (χ0) is 13.8. The summed E-state index contributed by atoms with van der Waals surface area (Å²) in [5.74, 6) is 1.52. The number of dihydropyridines is 1. The van der Waals surface area contributed by atoms with Gasteiger partial charge in [-0.2, -0.15) is 5.26 Å². The van der Waals surface area contributed by atoms with Crippen molar-refractivity contribution >= 4 is 6.21 Å². The van der Waals surface area contributed by atoms with E-state index in [2.05, 4.69) is 11.1 Å². The molecule has 20 heavy (non-hydrogen) atoms. The predicted molar refractivity (Wildman–Crippen MR) is 76.4 cm³/mol. The van der Waals surface area contributed by atoms with Gasteiger partial charge in [-0.25, -0.2) is 0 Å². The Bertz CT molecular complexity index is 640. The average molecular weight is 266 g/mol. The normalized spacial score (nSPS) is 23.8. The molecule has 2 heterocycles. The molecule has 100 valence electrons. The van der Waals surface area contributed by atoms with Crippen molar-refractivity contribution in [3.8, 4) is 17.6 Å². The Morgan fingerprint density at radius 1 is 1.25 bits per heavy atom. The number of fused-ring (bicyclic) bond motifs is 1. The average Bonchev–Trinajstić information content (AvgIpc) is 2.53. The van der Waals surface area contributed by atoms with E-state index >= 15 is 0 Å². The molecule has 0 N–H and O–H groups in total. The Kier molecular flexibility index (Phi) is 3.26. The van der Waals surface area contributed by atoms with Crippen LogP contribution in [-0.2, 0) is 5.41 Å². The summed E-state index contributed by atoms with van der Waals surface area (Å²) in [4.78, 5) is 4.33. The minimum absolute atomic E-state index is 0.389. The number of allylic oxidation sites excluding steroid dienone is 2. The van der Waals surface area contributed by atoms with Crippen LogP contribution in [0.4, 0.5) is 0 Å². The van der Waals surface area contributed by atoms with Crippen molar-refractivity contribution in [2.45, 2.75) is 5.41 Å². The number of nitrogens with zero attached hydrogens (tertiary/aromatic N) is 2. The summed E-state index contributed by atoms with van der Waals surface area (Å²) < 4.78 is 11.2. The molecule has 2 aliphatic rings. The monoisotopic (exact) mass is 266 g/mol. The molecule has 0 radical (unpaired) electrons. The molecule has 1 atom stereocenters. The van der Waals surface area contributed by atoms with Crippen LogP contribution in [0.1, 0.15) is 5.56 Å². The van der Waals surface area contributed by atoms with Crippen molar-refractivity contribution in [1.29, 1.82) is 5.26 Å². The van der Waals surface area contributed by atoms with Crippen LogP contribution in [-0.4, -0.2) is 26.0 Å². The minimum atomic E-state index is -0.389. The molecule has 2 aliphatic heterocycles. The summed E-state index contributed by atoms with van der Waals surface area (Å²) in [5, 5.41) is 8.81. The standard InChI is InChI=1S/C16H14N2O2/c17-7-1-5-16(6-2-8-18-12-16)13-3-4-14-15(11-13)20-10-9-19-14/h1-6,8,11H,9-10,12H2. The van der Waals surface area contributed by atoms with Gasteiger partial charge in [-0.05, 0) is 23.8 Å². The highest BCUT2D eigenvalue weighted by molar-refractivity contribution is 5.73. The van der Waals surface area contributed by atoms with Gasteiger partial charge in [0.1, 0.15) is 13.2 Å². The van der Waals surface area contributed by atoms with Gasteiger partial charge in [0.15, 0.2) is 11.5 Å². The lowest BCUT2D eigenvalue weighted by Gasteiger charge is -2.29. The van der Waals surface area contributed by atoms with E-state index in [4.69, 9.17) is 14.7 Å². The first-order chi connectivity index (χ1) is 9.84. The van der Waals surface area contributed by atoms with Gasteiger partial charge in [0.25, 0.3) is 0 Å². The van der Waals surface area contributed by atoms with E-state index < -0.39 is 0 Å². The maximum absolute atomic E-state index is 8.81. The van der Waals surface area contributed by atoms with Gasteiger partial charge in [-0.1, -0.05) is 18.2 Å². The number of hydrogen-bond donors (Lipinski definition) is 0. The van der Waals surface area contributed by atoms with Gasteiger partial charge in [0.2, 0.25) is 0 Å². The maximum Gasteiger partial charge on any atom is 0.161 e. The van der Waals surface area contributed by atoms with E-state index in [1.165, 1.54) is 6.08 Å². The van der Waals surface area contributed by atoms with Gasteiger partial charge in [0, 0.05) is 12.3 Å². The molecule has 0 aliphatic carbocycles. The first-order valence-corrected chi connectivity index (χ1v) is 6.49. The predicted octanol–water partition coefficient (Wildman–Crippen LogP) is 2.42. The highest BCUT2D eigenvalue weighted by Crippen LogP contribution is 2.37. The molecule has 3 rings (SSSR count). The summed E-state index contributed by atoms with van der Waals surface area (Å²) in [7, 11) is 0. The SMILES string of the molecule is N#CC=CC1(c2ccc3c(c2)OCCO3)C=CC=NC1. The van der Waals surface area contributed by atoms with E-state index in [-0.39, 0.29) is 5.41 Å². The molecule has 1 unspecified atom stereocenters. The number of rotatable bonds is 2. The Labute approximate surface area is 117 Å². The van der Waals surface area contributed by atoms with Crippen molar-refractivity contribution in [3.63, 3.8) is 0 Å². The fourth-order valence-electron chi connectivity index (χ4n) is 2.44. The second-order valence-electron chi connectivity index (χ2n) is 4.71. The molecule has 0 amide bonds. The third kappa shape index (κ3) is 2.19. The van der Waals surface area contributed by atoms with E-state index in [0.29, 0.717) is 19.8 Å². The van der Waals surface area contributed by atoms with Crippen molar-refractivity contribution < 1.29 is 9.47 Å². The third-order valence-corrected chi connectivity index (χ3v) is 3.47. The molecule has 0 bridgehead atoms. The van der Waals surface area contributed by atoms with E-state index in [0.717, 1.165) is 17.1 Å². The van der Waals surface area contributed by atoms with Gasteiger partial charge in [0.05, 0.1) is 18.0 Å². The topological polar surface area (TPSA) is 54.6 Å². The summed E-state index contributed by atoms with van der Waals surface area (Å²) >= 11 is 0. The Balaban J connectivity index is 2.04. The smallest absolute Gasteiger partial charge is 0.161 e. The minimum Gasteiger partial charge on any atom is -0.486 e. The van der Waals surface area contributed by atoms with Gasteiger partial charge < -0.3 is 9.47 Å². The molecular formula is C16H14N2O2. The van der Waals surface area contributed by atoms with Gasteiger partial charge in [-0.3, -0.25) is 4.99 Å². The second-order valence-corrected chi connectivity index (χ2v) is 4.71. The molecule has 0 fully saturated rings. The van der Waals surface area contributed by atoms with Crippen molar-refractivity contribution in [3.05, 3.63) is 48.1 Å². The fraction of sp³-hybridized carbons (Fsp3) is 0.250. The summed E-state index contributed by atoms with van der Waals surface area (Å²) in [6.07, 6.45) is 9.12. The van der Waals surface area contributed by atoms with Crippen LogP contribution in [0.15, 0.2) is 47.5 Å². The molecule has 0 spiro atoms. The van der Waals surface area contributed by atoms with Crippen molar-refractivity contribution in [2.24, 2.45) is 4.99 Å². The van der Waals surface area contributed by atoms with Crippen LogP contribution in [0.2, 0.25) is 0 Å². The molecule has 0 aromatic heterocycles.